The first-order valence-electron chi connectivity index (χ1n) is 3.95. The van der Waals surface area contributed by atoms with Crippen LogP contribution < -0.4 is 0 Å². The third kappa shape index (κ3) is 2.22. The molecule has 16 heavy (non-hydrogen) atoms. The van der Waals surface area contributed by atoms with E-state index in [9.17, 15) is 8.42 Å². The van der Waals surface area contributed by atoms with Crippen molar-refractivity contribution in [3.63, 3.8) is 0 Å². The van der Waals surface area contributed by atoms with Gasteiger partial charge in [0.25, 0.3) is 9.05 Å². The minimum Gasteiger partial charge on any atom is -0.218 e. The summed E-state index contributed by atoms with van der Waals surface area (Å²) < 4.78 is 22.2. The average Bonchev–Trinajstić information content (AvgIpc) is 2.15. The number of benzene rings is 1. The summed E-state index contributed by atoms with van der Waals surface area (Å²) in [7, 11) is 1.41. The minimum absolute atomic E-state index is 0.0541. The minimum atomic E-state index is -3.79. The molecule has 0 saturated heterocycles. The zero-order chi connectivity index (χ0) is 11.9. The summed E-state index contributed by atoms with van der Waals surface area (Å²) in [4.78, 5) is 7.53. The molecular formula is C8H3Cl3N2O2S. The van der Waals surface area contributed by atoms with Crippen LogP contribution in [0.5, 0.6) is 0 Å². The van der Waals surface area contributed by atoms with Crippen LogP contribution in [0, 0.1) is 0 Å². The van der Waals surface area contributed by atoms with E-state index in [0.29, 0.717) is 10.9 Å². The van der Waals surface area contributed by atoms with Crippen LogP contribution in [-0.4, -0.2) is 18.4 Å². The second-order valence-corrected chi connectivity index (χ2v) is 6.16. The Bertz CT molecular complexity index is 672. The predicted octanol–water partition coefficient (Wildman–Crippen LogP) is 2.86. The molecule has 1 aromatic carbocycles. The molecule has 0 spiro atoms. The first kappa shape index (κ1) is 11.9. The van der Waals surface area contributed by atoms with Crippen molar-refractivity contribution in [1.29, 1.82) is 0 Å². The first-order chi connectivity index (χ1) is 7.38. The van der Waals surface area contributed by atoms with Crippen molar-refractivity contribution in [2.75, 3.05) is 0 Å². The fourth-order valence-corrected chi connectivity index (χ4v) is 2.43. The van der Waals surface area contributed by atoms with E-state index in [1.165, 1.54) is 18.2 Å². The lowest BCUT2D eigenvalue weighted by atomic mass is 10.2. The van der Waals surface area contributed by atoms with Gasteiger partial charge in [0.1, 0.15) is 5.15 Å². The van der Waals surface area contributed by atoms with Crippen LogP contribution in [0.1, 0.15) is 0 Å². The second-order valence-electron chi connectivity index (χ2n) is 2.90. The lowest BCUT2D eigenvalue weighted by molar-refractivity contribution is 0.609. The quantitative estimate of drug-likeness (QED) is 0.461. The number of aromatic nitrogens is 2. The number of hydrogen-bond donors (Lipinski definition) is 0. The summed E-state index contributed by atoms with van der Waals surface area (Å²) in [6.45, 7) is 0. The molecule has 0 amide bonds. The van der Waals surface area contributed by atoms with Crippen molar-refractivity contribution < 1.29 is 8.42 Å². The summed E-state index contributed by atoms with van der Waals surface area (Å²) in [6, 6.07) is 4.09. The molecule has 0 aliphatic carbocycles. The smallest absolute Gasteiger partial charge is 0.218 e. The molecule has 0 saturated carbocycles. The number of nitrogens with zero attached hydrogens (tertiary/aromatic N) is 2. The van der Waals surface area contributed by atoms with Gasteiger partial charge in [-0.2, -0.15) is 0 Å². The Morgan fingerprint density at radius 1 is 1.12 bits per heavy atom. The predicted molar refractivity (Wildman–Crippen MR) is 62.6 cm³/mol. The molecule has 2 aromatic rings. The molecule has 2 rings (SSSR count). The molecule has 0 N–H and O–H groups in total. The van der Waals surface area contributed by atoms with E-state index < -0.39 is 9.05 Å². The number of fused-ring (bicyclic) bond motifs is 1. The zero-order valence-electron chi connectivity index (χ0n) is 7.49. The van der Waals surface area contributed by atoms with Crippen LogP contribution in [0.15, 0.2) is 23.1 Å². The fourth-order valence-electron chi connectivity index (χ4n) is 1.20. The van der Waals surface area contributed by atoms with Crippen LogP contribution >= 0.6 is 33.9 Å². The maximum Gasteiger partial charge on any atom is 0.261 e. The Balaban J connectivity index is 2.81. The Hall–Kier alpha value is -0.620. The summed E-state index contributed by atoms with van der Waals surface area (Å²) in [5.74, 6) is 0. The van der Waals surface area contributed by atoms with Gasteiger partial charge in [-0.3, -0.25) is 0 Å². The van der Waals surface area contributed by atoms with Crippen molar-refractivity contribution in [3.05, 3.63) is 28.6 Å². The maximum atomic E-state index is 11.1. The highest BCUT2D eigenvalue weighted by Gasteiger charge is 2.12. The van der Waals surface area contributed by atoms with E-state index in [1.54, 1.807) is 0 Å². The summed E-state index contributed by atoms with van der Waals surface area (Å²) in [5, 5.41) is 0.616. The van der Waals surface area contributed by atoms with Crippen molar-refractivity contribution >= 4 is 53.8 Å². The van der Waals surface area contributed by atoms with Gasteiger partial charge >= 0.3 is 0 Å². The Kier molecular flexibility index (Phi) is 2.96. The van der Waals surface area contributed by atoms with Gasteiger partial charge in [0, 0.05) is 16.1 Å². The van der Waals surface area contributed by atoms with Gasteiger partial charge in [-0.05, 0) is 29.8 Å². The summed E-state index contributed by atoms with van der Waals surface area (Å²) in [5.41, 5.74) is 0.326. The molecule has 0 unspecified atom stereocenters. The van der Waals surface area contributed by atoms with Gasteiger partial charge in [0.2, 0.25) is 5.28 Å². The van der Waals surface area contributed by atoms with Gasteiger partial charge in [0.05, 0.1) is 10.4 Å². The zero-order valence-corrected chi connectivity index (χ0v) is 10.6. The van der Waals surface area contributed by atoms with Gasteiger partial charge in [0.15, 0.2) is 0 Å². The fraction of sp³-hybridized carbons (Fsp3) is 0. The Morgan fingerprint density at radius 2 is 1.81 bits per heavy atom. The molecule has 1 aromatic heterocycles. The second kappa shape index (κ2) is 4.00. The van der Waals surface area contributed by atoms with Crippen molar-refractivity contribution in [1.82, 2.24) is 9.97 Å². The van der Waals surface area contributed by atoms with Gasteiger partial charge in [-0.1, -0.05) is 11.6 Å². The third-order valence-electron chi connectivity index (χ3n) is 1.88. The van der Waals surface area contributed by atoms with Crippen LogP contribution in [0.3, 0.4) is 0 Å². The van der Waals surface area contributed by atoms with Crippen molar-refractivity contribution in [3.8, 4) is 0 Å². The molecule has 0 atom stereocenters. The van der Waals surface area contributed by atoms with Crippen molar-refractivity contribution in [2.45, 2.75) is 4.90 Å². The van der Waals surface area contributed by atoms with E-state index in [0.717, 1.165) is 0 Å². The molecule has 84 valence electrons. The highest BCUT2D eigenvalue weighted by Crippen LogP contribution is 2.25. The van der Waals surface area contributed by atoms with Crippen molar-refractivity contribution in [2.24, 2.45) is 0 Å². The van der Waals surface area contributed by atoms with Crippen LogP contribution in [0.2, 0.25) is 10.4 Å². The lowest BCUT2D eigenvalue weighted by Crippen LogP contribution is -1.93. The molecule has 0 fully saturated rings. The van der Waals surface area contributed by atoms with Crippen LogP contribution in [0.4, 0.5) is 0 Å². The number of hydrogen-bond acceptors (Lipinski definition) is 4. The van der Waals surface area contributed by atoms with Gasteiger partial charge in [-0.15, -0.1) is 0 Å². The van der Waals surface area contributed by atoms with E-state index >= 15 is 0 Å². The summed E-state index contributed by atoms with van der Waals surface area (Å²) >= 11 is 11.4. The van der Waals surface area contributed by atoms with Crippen LogP contribution in [0.25, 0.3) is 10.9 Å². The first-order valence-corrected chi connectivity index (χ1v) is 7.02. The largest absolute Gasteiger partial charge is 0.261 e. The average molecular weight is 298 g/mol. The van der Waals surface area contributed by atoms with E-state index in [4.69, 9.17) is 33.9 Å². The molecule has 0 bridgehead atoms. The number of rotatable bonds is 1. The van der Waals surface area contributed by atoms with Gasteiger partial charge < -0.3 is 0 Å². The Morgan fingerprint density at radius 3 is 2.44 bits per heavy atom. The highest BCUT2D eigenvalue weighted by atomic mass is 35.7. The molecule has 0 aliphatic heterocycles. The molecule has 1 heterocycles. The molecular weight excluding hydrogens is 295 g/mol. The van der Waals surface area contributed by atoms with E-state index in [2.05, 4.69) is 9.97 Å². The monoisotopic (exact) mass is 296 g/mol. The lowest BCUT2D eigenvalue weighted by Gasteiger charge is -2.01. The molecule has 4 nitrogen and oxygen atoms in total. The highest BCUT2D eigenvalue weighted by molar-refractivity contribution is 8.13. The molecule has 8 heteroatoms. The van der Waals surface area contributed by atoms with Crippen LogP contribution in [-0.2, 0) is 9.05 Å². The van der Waals surface area contributed by atoms with E-state index in [-0.39, 0.29) is 15.3 Å². The molecule has 0 aliphatic rings. The third-order valence-corrected chi connectivity index (χ3v) is 3.68. The standard InChI is InChI=1S/C8H3Cl3N2O2S/c9-7-5-2-1-4(16(11,14)15)3-6(5)12-8(10)13-7/h1-3H. The van der Waals surface area contributed by atoms with Gasteiger partial charge in [-0.25, -0.2) is 18.4 Å². The maximum absolute atomic E-state index is 11.1. The Labute approximate surface area is 106 Å². The summed E-state index contributed by atoms with van der Waals surface area (Å²) in [6.07, 6.45) is 0. The van der Waals surface area contributed by atoms with E-state index in [1.807, 2.05) is 0 Å². The number of halogens is 3. The topological polar surface area (TPSA) is 59.9 Å². The molecule has 0 radical (unpaired) electrons. The SMILES string of the molecule is O=S(=O)(Cl)c1ccc2c(Cl)nc(Cl)nc2c1. The normalized spacial score (nSPS) is 11.9.